The largest absolute Gasteiger partial charge is 0.308 e. The third-order valence-corrected chi connectivity index (χ3v) is 5.88. The molecule has 0 saturated carbocycles. The van der Waals surface area contributed by atoms with Crippen LogP contribution in [0.5, 0.6) is 0 Å². The predicted molar refractivity (Wildman–Crippen MR) is 107 cm³/mol. The maximum atomic E-state index is 2.47. The van der Waals surface area contributed by atoms with E-state index in [0.717, 1.165) is 0 Å². The van der Waals surface area contributed by atoms with Gasteiger partial charge in [-0.3, -0.25) is 0 Å². The normalized spacial score (nSPS) is 12.8. The second-order valence-corrected chi connectivity index (χ2v) is 6.98. The van der Waals surface area contributed by atoms with Crippen LogP contribution in [-0.4, -0.2) is 4.40 Å². The highest BCUT2D eigenvalue weighted by Gasteiger charge is 2.21. The van der Waals surface area contributed by atoms with E-state index < -0.39 is 0 Å². The molecular formula is C24H13N. The second kappa shape index (κ2) is 3.84. The van der Waals surface area contributed by atoms with E-state index >= 15 is 0 Å². The lowest BCUT2D eigenvalue weighted by atomic mass is 9.93. The SMILES string of the molecule is c1ccc2c(c1)c1cccc3c1c1c2ccc2c4ccccc4n3c21. The average molecular weight is 315 g/mol. The van der Waals surface area contributed by atoms with Crippen molar-refractivity contribution >= 4 is 59.6 Å². The van der Waals surface area contributed by atoms with E-state index in [9.17, 15) is 0 Å². The molecule has 0 radical (unpaired) electrons. The zero-order valence-electron chi connectivity index (χ0n) is 13.5. The maximum absolute atomic E-state index is 2.47. The zero-order chi connectivity index (χ0) is 16.1. The number of nitrogens with zero attached hydrogens (tertiary/aromatic N) is 1. The number of fused-ring (bicyclic) bond motifs is 7. The van der Waals surface area contributed by atoms with Crippen LogP contribution in [-0.2, 0) is 0 Å². The van der Waals surface area contributed by atoms with Crippen LogP contribution in [0.25, 0.3) is 59.6 Å². The van der Waals surface area contributed by atoms with Crippen molar-refractivity contribution in [1.82, 2.24) is 4.40 Å². The Hall–Kier alpha value is -3.32. The van der Waals surface area contributed by atoms with Crippen LogP contribution in [0, 0.1) is 0 Å². The summed E-state index contributed by atoms with van der Waals surface area (Å²) in [7, 11) is 0. The van der Waals surface area contributed by atoms with Crippen molar-refractivity contribution in [2.45, 2.75) is 0 Å². The highest BCUT2D eigenvalue weighted by atomic mass is 14.9. The third-order valence-electron chi connectivity index (χ3n) is 5.88. The fourth-order valence-electron chi connectivity index (χ4n) is 4.95. The number of aromatic nitrogens is 1. The first kappa shape index (κ1) is 12.1. The fraction of sp³-hybridized carbons (Fsp3) is 0. The van der Waals surface area contributed by atoms with Crippen molar-refractivity contribution in [3.05, 3.63) is 78.9 Å². The summed E-state index contributed by atoms with van der Waals surface area (Å²) in [5, 5.41) is 10.9. The van der Waals surface area contributed by atoms with Gasteiger partial charge in [-0.05, 0) is 33.7 Å². The van der Waals surface area contributed by atoms with E-state index in [1.807, 2.05) is 0 Å². The molecule has 0 fully saturated rings. The van der Waals surface area contributed by atoms with E-state index in [1.54, 1.807) is 0 Å². The summed E-state index contributed by atoms with van der Waals surface area (Å²) in [6.45, 7) is 0. The molecule has 2 heterocycles. The van der Waals surface area contributed by atoms with E-state index in [2.05, 4.69) is 83.3 Å². The molecule has 114 valence electrons. The van der Waals surface area contributed by atoms with Gasteiger partial charge < -0.3 is 4.40 Å². The first-order chi connectivity index (χ1) is 12.4. The van der Waals surface area contributed by atoms with Gasteiger partial charge in [0.05, 0.1) is 16.6 Å². The number of hydrogen-bond acceptors (Lipinski definition) is 0. The fourth-order valence-corrected chi connectivity index (χ4v) is 4.95. The van der Waals surface area contributed by atoms with E-state index in [0.29, 0.717) is 0 Å². The van der Waals surface area contributed by atoms with Crippen molar-refractivity contribution in [2.75, 3.05) is 0 Å². The van der Waals surface area contributed by atoms with Gasteiger partial charge in [-0.1, -0.05) is 66.7 Å². The molecule has 1 heteroatoms. The molecule has 7 aromatic rings. The summed E-state index contributed by atoms with van der Waals surface area (Å²) >= 11 is 0. The summed E-state index contributed by atoms with van der Waals surface area (Å²) in [5.41, 5.74) is 3.99. The summed E-state index contributed by atoms with van der Waals surface area (Å²) in [5.74, 6) is 0. The van der Waals surface area contributed by atoms with Crippen LogP contribution in [0.1, 0.15) is 0 Å². The minimum absolute atomic E-state index is 1.30. The quantitative estimate of drug-likeness (QED) is 0.278. The standard InChI is InChI=1S/C24H13N/c1-2-7-15-14(6-1)17-9-5-11-21-22(17)23-18(15)12-13-19-16-8-3-4-10-20(16)25(21)24(19)23/h1-13H. The Morgan fingerprint density at radius 1 is 0.400 bits per heavy atom. The van der Waals surface area contributed by atoms with Crippen LogP contribution in [0.3, 0.4) is 0 Å². The van der Waals surface area contributed by atoms with Gasteiger partial charge in [-0.25, -0.2) is 0 Å². The summed E-state index contributed by atoms with van der Waals surface area (Å²) < 4.78 is 2.47. The number of rotatable bonds is 0. The molecule has 0 N–H and O–H groups in total. The van der Waals surface area contributed by atoms with Gasteiger partial charge in [-0.15, -0.1) is 0 Å². The Morgan fingerprint density at radius 2 is 1.00 bits per heavy atom. The van der Waals surface area contributed by atoms with Gasteiger partial charge in [0.2, 0.25) is 0 Å². The van der Waals surface area contributed by atoms with Gasteiger partial charge in [0.1, 0.15) is 0 Å². The minimum atomic E-state index is 1.30. The van der Waals surface area contributed by atoms with Gasteiger partial charge in [-0.2, -0.15) is 0 Å². The van der Waals surface area contributed by atoms with Gasteiger partial charge in [0, 0.05) is 21.5 Å². The topological polar surface area (TPSA) is 4.41 Å². The monoisotopic (exact) mass is 315 g/mol. The zero-order valence-corrected chi connectivity index (χ0v) is 13.5. The molecule has 0 bridgehead atoms. The van der Waals surface area contributed by atoms with Crippen LogP contribution >= 0.6 is 0 Å². The molecule has 0 unspecified atom stereocenters. The Morgan fingerprint density at radius 3 is 1.84 bits per heavy atom. The maximum Gasteiger partial charge on any atom is 0.0626 e. The Balaban J connectivity index is 2.02. The second-order valence-electron chi connectivity index (χ2n) is 6.98. The van der Waals surface area contributed by atoms with Crippen molar-refractivity contribution in [3.63, 3.8) is 0 Å². The van der Waals surface area contributed by atoms with E-state index in [-0.39, 0.29) is 0 Å². The Labute approximate surface area is 143 Å². The van der Waals surface area contributed by atoms with Crippen LogP contribution in [0.4, 0.5) is 0 Å². The Bertz CT molecular complexity index is 1580. The first-order valence-electron chi connectivity index (χ1n) is 8.73. The highest BCUT2D eigenvalue weighted by Crippen LogP contribution is 2.46. The van der Waals surface area contributed by atoms with Crippen molar-refractivity contribution < 1.29 is 0 Å². The molecule has 0 aliphatic heterocycles. The summed E-state index contributed by atoms with van der Waals surface area (Å²) in [4.78, 5) is 0. The lowest BCUT2D eigenvalue weighted by Gasteiger charge is -2.09. The molecule has 0 aliphatic carbocycles. The third kappa shape index (κ3) is 1.20. The van der Waals surface area contributed by atoms with Crippen molar-refractivity contribution in [3.8, 4) is 0 Å². The van der Waals surface area contributed by atoms with Crippen molar-refractivity contribution in [2.24, 2.45) is 0 Å². The molecule has 0 aliphatic rings. The molecule has 0 amide bonds. The molecule has 5 aromatic carbocycles. The molecule has 0 spiro atoms. The van der Waals surface area contributed by atoms with E-state index in [4.69, 9.17) is 0 Å². The minimum Gasteiger partial charge on any atom is -0.308 e. The number of benzene rings is 5. The average Bonchev–Trinajstić information content (AvgIpc) is 3.20. The smallest absolute Gasteiger partial charge is 0.0626 e. The van der Waals surface area contributed by atoms with Crippen LogP contribution in [0.2, 0.25) is 0 Å². The van der Waals surface area contributed by atoms with Gasteiger partial charge >= 0.3 is 0 Å². The molecule has 25 heavy (non-hydrogen) atoms. The molecule has 2 aromatic heterocycles. The number of hydrogen-bond donors (Lipinski definition) is 0. The Kier molecular flexibility index (Phi) is 1.86. The molecule has 0 saturated heterocycles. The van der Waals surface area contributed by atoms with Crippen molar-refractivity contribution in [1.29, 1.82) is 0 Å². The molecule has 1 nitrogen and oxygen atoms in total. The first-order valence-corrected chi connectivity index (χ1v) is 8.73. The molecule has 7 rings (SSSR count). The molecule has 0 atom stereocenters. The predicted octanol–water partition coefficient (Wildman–Crippen LogP) is 6.58. The van der Waals surface area contributed by atoms with Crippen LogP contribution < -0.4 is 0 Å². The van der Waals surface area contributed by atoms with E-state index in [1.165, 1.54) is 59.6 Å². The lowest BCUT2D eigenvalue weighted by molar-refractivity contribution is 1.37. The number of para-hydroxylation sites is 1. The van der Waals surface area contributed by atoms with Crippen LogP contribution in [0.15, 0.2) is 78.9 Å². The van der Waals surface area contributed by atoms with Gasteiger partial charge in [0.15, 0.2) is 0 Å². The highest BCUT2D eigenvalue weighted by molar-refractivity contribution is 6.38. The van der Waals surface area contributed by atoms with Gasteiger partial charge in [0.25, 0.3) is 0 Å². The summed E-state index contributed by atoms with van der Waals surface area (Å²) in [6, 6.07) is 28.9. The molecular weight excluding hydrogens is 302 g/mol. The lowest BCUT2D eigenvalue weighted by Crippen LogP contribution is -1.82. The summed E-state index contributed by atoms with van der Waals surface area (Å²) in [6.07, 6.45) is 0.